The zero-order chi connectivity index (χ0) is 14.7. The molecule has 1 heterocycles. The van der Waals surface area contributed by atoms with Crippen LogP contribution in [0.2, 0.25) is 0 Å². The van der Waals surface area contributed by atoms with E-state index in [1.54, 1.807) is 6.07 Å². The number of carbonyl (C=O) groups excluding carboxylic acids is 1. The number of Topliss-reactive ketones (excluding diaryl/α,β-unsaturated/α-hetero) is 1. The Morgan fingerprint density at radius 2 is 2.05 bits per heavy atom. The minimum absolute atomic E-state index is 0.149. The second kappa shape index (κ2) is 5.82. The number of nitrogens with zero attached hydrogens (tertiary/aromatic N) is 2. The summed E-state index contributed by atoms with van der Waals surface area (Å²) in [6, 6.07) is 10.1. The van der Waals surface area contributed by atoms with Crippen LogP contribution in [0.15, 0.2) is 36.4 Å². The fourth-order valence-corrected chi connectivity index (χ4v) is 2.14. The first kappa shape index (κ1) is 14.2. The second-order valence-corrected chi connectivity index (χ2v) is 4.84. The molecule has 0 amide bonds. The van der Waals surface area contributed by atoms with Crippen molar-refractivity contribution < 1.29 is 9.18 Å². The van der Waals surface area contributed by atoms with Gasteiger partial charge in [-0.05, 0) is 44.2 Å². The van der Waals surface area contributed by atoms with E-state index >= 15 is 0 Å². The van der Waals surface area contributed by atoms with Crippen molar-refractivity contribution in [1.29, 1.82) is 0 Å². The van der Waals surface area contributed by atoms with Crippen molar-refractivity contribution in [3.8, 4) is 0 Å². The fourth-order valence-electron chi connectivity index (χ4n) is 2.14. The standard InChI is InChI=1S/C16H17FN2O/c1-11-5-4-6-14(18-11)10-19(3)16-8-7-13(17)9-15(16)12(2)20/h4-9H,10H2,1-3H3. The Hall–Kier alpha value is -2.23. The third-order valence-electron chi connectivity index (χ3n) is 3.09. The van der Waals surface area contributed by atoms with Crippen LogP contribution in [0.4, 0.5) is 10.1 Å². The Kier molecular flexibility index (Phi) is 4.13. The molecule has 0 bridgehead atoms. The lowest BCUT2D eigenvalue weighted by molar-refractivity contribution is 0.101. The van der Waals surface area contributed by atoms with Gasteiger partial charge < -0.3 is 4.90 Å². The molecule has 0 atom stereocenters. The van der Waals surface area contributed by atoms with Crippen molar-refractivity contribution in [3.63, 3.8) is 0 Å². The topological polar surface area (TPSA) is 33.2 Å². The van der Waals surface area contributed by atoms with Crippen LogP contribution in [0.5, 0.6) is 0 Å². The highest BCUT2D eigenvalue weighted by atomic mass is 19.1. The molecule has 0 N–H and O–H groups in total. The summed E-state index contributed by atoms with van der Waals surface area (Å²) in [5, 5.41) is 0. The zero-order valence-corrected chi connectivity index (χ0v) is 11.9. The number of benzene rings is 1. The van der Waals surface area contributed by atoms with Gasteiger partial charge in [-0.25, -0.2) is 4.39 Å². The van der Waals surface area contributed by atoms with E-state index in [-0.39, 0.29) is 5.78 Å². The summed E-state index contributed by atoms with van der Waals surface area (Å²) in [5.41, 5.74) is 2.95. The van der Waals surface area contributed by atoms with Gasteiger partial charge in [-0.1, -0.05) is 6.07 Å². The number of hydrogen-bond acceptors (Lipinski definition) is 3. The summed E-state index contributed by atoms with van der Waals surface area (Å²) >= 11 is 0. The Bertz CT molecular complexity index is 640. The van der Waals surface area contributed by atoms with Crippen LogP contribution in [0.25, 0.3) is 0 Å². The lowest BCUT2D eigenvalue weighted by atomic mass is 10.1. The summed E-state index contributed by atoms with van der Waals surface area (Å²) < 4.78 is 13.3. The molecule has 0 aliphatic carbocycles. The van der Waals surface area contributed by atoms with Crippen molar-refractivity contribution in [3.05, 3.63) is 59.2 Å². The summed E-state index contributed by atoms with van der Waals surface area (Å²) in [7, 11) is 1.86. The molecule has 3 nitrogen and oxygen atoms in total. The zero-order valence-electron chi connectivity index (χ0n) is 11.9. The Morgan fingerprint density at radius 3 is 2.70 bits per heavy atom. The smallest absolute Gasteiger partial charge is 0.161 e. The molecule has 1 aromatic heterocycles. The Labute approximate surface area is 118 Å². The number of anilines is 1. The number of aryl methyl sites for hydroxylation is 1. The molecule has 20 heavy (non-hydrogen) atoms. The average Bonchev–Trinajstić information content (AvgIpc) is 2.38. The molecule has 0 aliphatic heterocycles. The lowest BCUT2D eigenvalue weighted by Gasteiger charge is -2.21. The minimum Gasteiger partial charge on any atom is -0.368 e. The second-order valence-electron chi connectivity index (χ2n) is 4.84. The van der Waals surface area contributed by atoms with Crippen LogP contribution < -0.4 is 4.90 Å². The normalized spacial score (nSPS) is 10.4. The SMILES string of the molecule is CC(=O)c1cc(F)ccc1N(C)Cc1cccc(C)n1. The van der Waals surface area contributed by atoms with Crippen molar-refractivity contribution in [1.82, 2.24) is 4.98 Å². The molecule has 0 fully saturated rings. The molecule has 0 saturated carbocycles. The van der Waals surface area contributed by atoms with Gasteiger partial charge in [0.2, 0.25) is 0 Å². The third-order valence-corrected chi connectivity index (χ3v) is 3.09. The van der Waals surface area contributed by atoms with Crippen LogP contribution in [-0.4, -0.2) is 17.8 Å². The summed E-state index contributed by atoms with van der Waals surface area (Å²) in [6.45, 7) is 3.94. The van der Waals surface area contributed by atoms with E-state index in [1.807, 2.05) is 37.1 Å². The molecule has 0 radical (unpaired) electrons. The Balaban J connectivity index is 2.29. The summed E-state index contributed by atoms with van der Waals surface area (Å²) in [6.07, 6.45) is 0. The van der Waals surface area contributed by atoms with Gasteiger partial charge in [0, 0.05) is 24.0 Å². The van der Waals surface area contributed by atoms with E-state index in [2.05, 4.69) is 4.98 Å². The van der Waals surface area contributed by atoms with E-state index in [0.717, 1.165) is 11.4 Å². The third kappa shape index (κ3) is 3.20. The molecule has 0 aliphatic rings. The maximum absolute atomic E-state index is 13.3. The number of pyridine rings is 1. The van der Waals surface area contributed by atoms with Gasteiger partial charge in [-0.15, -0.1) is 0 Å². The van der Waals surface area contributed by atoms with E-state index in [4.69, 9.17) is 0 Å². The number of rotatable bonds is 4. The molecule has 0 unspecified atom stereocenters. The summed E-state index contributed by atoms with van der Waals surface area (Å²) in [5.74, 6) is -0.551. The van der Waals surface area contributed by atoms with Crippen LogP contribution in [-0.2, 0) is 6.54 Å². The molecule has 0 spiro atoms. The molecule has 2 rings (SSSR count). The van der Waals surface area contributed by atoms with Gasteiger partial charge in [0.05, 0.1) is 12.2 Å². The molecular formula is C16H17FN2O. The largest absolute Gasteiger partial charge is 0.368 e. The van der Waals surface area contributed by atoms with Crippen LogP contribution in [0.1, 0.15) is 28.7 Å². The first-order valence-electron chi connectivity index (χ1n) is 6.41. The first-order valence-corrected chi connectivity index (χ1v) is 6.41. The van der Waals surface area contributed by atoms with E-state index in [0.29, 0.717) is 17.8 Å². The number of hydrogen-bond donors (Lipinski definition) is 0. The van der Waals surface area contributed by atoms with Crippen molar-refractivity contribution >= 4 is 11.5 Å². The number of ketones is 1. The van der Waals surface area contributed by atoms with Gasteiger partial charge >= 0.3 is 0 Å². The first-order chi connectivity index (χ1) is 9.47. The average molecular weight is 272 g/mol. The molecule has 1 aromatic carbocycles. The van der Waals surface area contributed by atoms with Crippen molar-refractivity contribution in [2.24, 2.45) is 0 Å². The summed E-state index contributed by atoms with van der Waals surface area (Å²) in [4.78, 5) is 18.0. The minimum atomic E-state index is -0.402. The molecule has 104 valence electrons. The fraction of sp³-hybridized carbons (Fsp3) is 0.250. The van der Waals surface area contributed by atoms with Gasteiger partial charge in [0.25, 0.3) is 0 Å². The van der Waals surface area contributed by atoms with Crippen molar-refractivity contribution in [2.75, 3.05) is 11.9 Å². The van der Waals surface area contributed by atoms with E-state index < -0.39 is 5.82 Å². The number of carbonyl (C=O) groups is 1. The predicted molar refractivity (Wildman–Crippen MR) is 77.5 cm³/mol. The van der Waals surface area contributed by atoms with Gasteiger partial charge in [0.15, 0.2) is 5.78 Å². The van der Waals surface area contributed by atoms with Gasteiger partial charge in [-0.3, -0.25) is 9.78 Å². The predicted octanol–water partition coefficient (Wildman–Crippen LogP) is 3.37. The monoisotopic (exact) mass is 272 g/mol. The molecule has 0 saturated heterocycles. The van der Waals surface area contributed by atoms with Gasteiger partial charge in [-0.2, -0.15) is 0 Å². The maximum atomic E-state index is 13.3. The Morgan fingerprint density at radius 1 is 1.30 bits per heavy atom. The van der Waals surface area contributed by atoms with Crippen LogP contribution in [0, 0.1) is 12.7 Å². The van der Waals surface area contributed by atoms with Crippen molar-refractivity contribution in [2.45, 2.75) is 20.4 Å². The lowest BCUT2D eigenvalue weighted by Crippen LogP contribution is -2.20. The van der Waals surface area contributed by atoms with Crippen LogP contribution >= 0.6 is 0 Å². The molecule has 4 heteroatoms. The maximum Gasteiger partial charge on any atom is 0.161 e. The number of aromatic nitrogens is 1. The van der Waals surface area contributed by atoms with E-state index in [9.17, 15) is 9.18 Å². The van der Waals surface area contributed by atoms with Gasteiger partial charge in [0.1, 0.15) is 5.82 Å². The molecular weight excluding hydrogens is 255 g/mol. The molecule has 2 aromatic rings. The quantitative estimate of drug-likeness (QED) is 0.800. The van der Waals surface area contributed by atoms with E-state index in [1.165, 1.54) is 19.1 Å². The highest BCUT2D eigenvalue weighted by molar-refractivity contribution is 5.99. The van der Waals surface area contributed by atoms with Crippen LogP contribution in [0.3, 0.4) is 0 Å². The highest BCUT2D eigenvalue weighted by Crippen LogP contribution is 2.22. The number of halogens is 1. The highest BCUT2D eigenvalue weighted by Gasteiger charge is 2.13.